The molecule has 0 saturated carbocycles. The first-order valence-electron chi connectivity index (χ1n) is 8.05. The van der Waals surface area contributed by atoms with Crippen molar-refractivity contribution >= 4 is 11.7 Å². The summed E-state index contributed by atoms with van der Waals surface area (Å²) in [6, 6.07) is 4.58. The van der Waals surface area contributed by atoms with Crippen LogP contribution in [-0.4, -0.2) is 16.7 Å². The molecule has 5 heteroatoms. The fourth-order valence-corrected chi connectivity index (χ4v) is 2.93. The van der Waals surface area contributed by atoms with Gasteiger partial charge in [-0.05, 0) is 56.9 Å². The van der Waals surface area contributed by atoms with Crippen LogP contribution in [0.4, 0.5) is 4.39 Å². The van der Waals surface area contributed by atoms with Gasteiger partial charge in [0.25, 0.3) is 5.91 Å². The van der Waals surface area contributed by atoms with E-state index in [0.29, 0.717) is 34.5 Å². The first kappa shape index (κ1) is 17.9. The van der Waals surface area contributed by atoms with Gasteiger partial charge in [0.05, 0.1) is 6.04 Å². The van der Waals surface area contributed by atoms with Gasteiger partial charge in [0, 0.05) is 11.3 Å². The predicted molar refractivity (Wildman–Crippen MR) is 91.9 cm³/mol. The fourth-order valence-electron chi connectivity index (χ4n) is 2.93. The maximum absolute atomic E-state index is 13.7. The first-order valence-corrected chi connectivity index (χ1v) is 8.05. The van der Waals surface area contributed by atoms with Crippen LogP contribution >= 0.6 is 0 Å². The third-order valence-corrected chi connectivity index (χ3v) is 4.27. The van der Waals surface area contributed by atoms with Gasteiger partial charge in [-0.1, -0.05) is 19.1 Å². The smallest absolute Gasteiger partial charge is 0.268 e. The third kappa shape index (κ3) is 3.40. The largest absolute Gasteiger partial charge is 0.354 e. The zero-order valence-corrected chi connectivity index (χ0v) is 14.7. The summed E-state index contributed by atoms with van der Waals surface area (Å²) >= 11 is 0. The van der Waals surface area contributed by atoms with Gasteiger partial charge >= 0.3 is 0 Å². The molecule has 1 heterocycles. The van der Waals surface area contributed by atoms with E-state index in [4.69, 9.17) is 0 Å². The van der Waals surface area contributed by atoms with Gasteiger partial charge in [-0.15, -0.1) is 0 Å². The van der Waals surface area contributed by atoms with E-state index in [1.54, 1.807) is 32.9 Å². The molecule has 0 fully saturated rings. The Balaban J connectivity index is 2.28. The van der Waals surface area contributed by atoms with E-state index < -0.39 is 0 Å². The molecule has 1 atom stereocenters. The molecule has 0 bridgehead atoms. The number of aromatic nitrogens is 1. The van der Waals surface area contributed by atoms with E-state index in [2.05, 4.69) is 10.3 Å². The summed E-state index contributed by atoms with van der Waals surface area (Å²) in [5, 5.41) is 2.87. The summed E-state index contributed by atoms with van der Waals surface area (Å²) in [5.74, 6) is -0.651. The summed E-state index contributed by atoms with van der Waals surface area (Å²) in [7, 11) is 0. The van der Waals surface area contributed by atoms with E-state index in [1.165, 1.54) is 13.0 Å². The second kappa shape index (κ2) is 6.99. The number of aryl methyl sites for hydroxylation is 2. The molecule has 1 amide bonds. The lowest BCUT2D eigenvalue weighted by molar-refractivity contribution is 0.0934. The molecule has 4 nitrogen and oxygen atoms in total. The number of hydrogen-bond donors (Lipinski definition) is 2. The van der Waals surface area contributed by atoms with Gasteiger partial charge in [0.1, 0.15) is 11.5 Å². The Morgan fingerprint density at radius 2 is 1.96 bits per heavy atom. The topological polar surface area (TPSA) is 62.0 Å². The summed E-state index contributed by atoms with van der Waals surface area (Å²) in [6.45, 7) is 8.68. The van der Waals surface area contributed by atoms with Crippen molar-refractivity contribution in [1.82, 2.24) is 10.3 Å². The average molecular weight is 330 g/mol. The number of hydrogen-bond acceptors (Lipinski definition) is 2. The van der Waals surface area contributed by atoms with Crippen molar-refractivity contribution < 1.29 is 14.0 Å². The minimum Gasteiger partial charge on any atom is -0.354 e. The zero-order chi connectivity index (χ0) is 18.0. The summed E-state index contributed by atoms with van der Waals surface area (Å²) in [5.41, 5.74) is 3.66. The number of Topliss-reactive ketones (excluding diaryl/α,β-unsaturated/α-hetero) is 1. The number of carbonyl (C=O) groups excluding carboxylic acids is 2. The van der Waals surface area contributed by atoms with E-state index in [-0.39, 0.29) is 23.5 Å². The minimum atomic E-state index is -0.346. The Morgan fingerprint density at radius 1 is 1.29 bits per heavy atom. The van der Waals surface area contributed by atoms with Gasteiger partial charge in [-0.3, -0.25) is 9.59 Å². The molecule has 24 heavy (non-hydrogen) atoms. The minimum absolute atomic E-state index is 0.0618. The lowest BCUT2D eigenvalue weighted by atomic mass is 10.0. The molecule has 2 N–H and O–H groups in total. The molecular formula is C19H23FN2O2. The van der Waals surface area contributed by atoms with Crippen LogP contribution in [0, 0.1) is 19.7 Å². The highest BCUT2D eigenvalue weighted by molar-refractivity contribution is 6.02. The summed E-state index contributed by atoms with van der Waals surface area (Å²) in [6.07, 6.45) is 0.579. The Bertz CT molecular complexity index is 793. The quantitative estimate of drug-likeness (QED) is 0.813. The van der Waals surface area contributed by atoms with Gasteiger partial charge in [0.2, 0.25) is 0 Å². The molecule has 2 aromatic rings. The van der Waals surface area contributed by atoms with Gasteiger partial charge in [-0.2, -0.15) is 0 Å². The van der Waals surface area contributed by atoms with Crippen LogP contribution in [0.25, 0.3) is 0 Å². The maximum Gasteiger partial charge on any atom is 0.268 e. The highest BCUT2D eigenvalue weighted by Crippen LogP contribution is 2.22. The van der Waals surface area contributed by atoms with Crippen LogP contribution in [0.5, 0.6) is 0 Å². The number of amides is 1. The van der Waals surface area contributed by atoms with E-state index in [1.807, 2.05) is 6.92 Å². The molecular weight excluding hydrogens is 307 g/mol. The number of ketones is 1. The van der Waals surface area contributed by atoms with Crippen molar-refractivity contribution in [3.63, 3.8) is 0 Å². The summed E-state index contributed by atoms with van der Waals surface area (Å²) in [4.78, 5) is 27.4. The molecule has 0 radical (unpaired) electrons. The molecule has 1 aromatic carbocycles. The van der Waals surface area contributed by atoms with Crippen LogP contribution in [0.15, 0.2) is 18.2 Å². The highest BCUT2D eigenvalue weighted by atomic mass is 19.1. The lowest BCUT2D eigenvalue weighted by Gasteiger charge is -2.15. The standard InChI is InChI=1S/C19H23FN2O2/c1-6-15-17(13(5)23)12(4)21-18(15)19(24)22-11(3)14-8-7-10(2)16(20)9-14/h7-9,11,21H,6H2,1-5H3,(H,22,24)/t11-/m0/s1. The SMILES string of the molecule is CCc1c(C(=O)N[C@@H](C)c2ccc(C)c(F)c2)[nH]c(C)c1C(C)=O. The number of nitrogens with one attached hydrogen (secondary N) is 2. The second-order valence-corrected chi connectivity index (χ2v) is 6.09. The van der Waals surface area contributed by atoms with Crippen LogP contribution in [0.1, 0.15) is 70.0 Å². The number of aromatic amines is 1. The van der Waals surface area contributed by atoms with Crippen LogP contribution in [-0.2, 0) is 6.42 Å². The van der Waals surface area contributed by atoms with Crippen molar-refractivity contribution in [2.75, 3.05) is 0 Å². The second-order valence-electron chi connectivity index (χ2n) is 6.09. The summed E-state index contributed by atoms with van der Waals surface area (Å²) < 4.78 is 13.7. The van der Waals surface area contributed by atoms with Gasteiger partial charge < -0.3 is 10.3 Å². The van der Waals surface area contributed by atoms with E-state index >= 15 is 0 Å². The molecule has 0 saturated heterocycles. The molecule has 2 rings (SSSR count). The van der Waals surface area contributed by atoms with E-state index in [9.17, 15) is 14.0 Å². The molecule has 0 aliphatic carbocycles. The van der Waals surface area contributed by atoms with Gasteiger partial charge in [0.15, 0.2) is 5.78 Å². The average Bonchev–Trinajstić information content (AvgIpc) is 2.86. The Hall–Kier alpha value is -2.43. The molecule has 128 valence electrons. The van der Waals surface area contributed by atoms with Crippen LogP contribution in [0.3, 0.4) is 0 Å². The first-order chi connectivity index (χ1) is 11.3. The predicted octanol–water partition coefficient (Wildman–Crippen LogP) is 4.03. The van der Waals surface area contributed by atoms with Crippen molar-refractivity contribution in [3.8, 4) is 0 Å². The third-order valence-electron chi connectivity index (χ3n) is 4.27. The van der Waals surface area contributed by atoms with Gasteiger partial charge in [-0.25, -0.2) is 4.39 Å². The molecule has 0 spiro atoms. The lowest BCUT2D eigenvalue weighted by Crippen LogP contribution is -2.28. The number of carbonyl (C=O) groups is 2. The number of benzene rings is 1. The van der Waals surface area contributed by atoms with Crippen molar-refractivity contribution in [3.05, 3.63) is 57.7 Å². The van der Waals surface area contributed by atoms with Crippen molar-refractivity contribution in [2.24, 2.45) is 0 Å². The normalized spacial score (nSPS) is 12.1. The maximum atomic E-state index is 13.7. The van der Waals surface area contributed by atoms with Crippen molar-refractivity contribution in [2.45, 2.75) is 47.1 Å². The van der Waals surface area contributed by atoms with Crippen LogP contribution in [0.2, 0.25) is 0 Å². The number of halogens is 1. The fraction of sp³-hybridized carbons (Fsp3) is 0.368. The molecule has 0 aliphatic rings. The molecule has 0 aliphatic heterocycles. The Morgan fingerprint density at radius 3 is 2.50 bits per heavy atom. The molecule has 1 aromatic heterocycles. The zero-order valence-electron chi connectivity index (χ0n) is 14.7. The Labute approximate surface area is 141 Å². The highest BCUT2D eigenvalue weighted by Gasteiger charge is 2.22. The monoisotopic (exact) mass is 330 g/mol. The van der Waals surface area contributed by atoms with Crippen molar-refractivity contribution in [1.29, 1.82) is 0 Å². The van der Waals surface area contributed by atoms with E-state index in [0.717, 1.165) is 5.56 Å². The van der Waals surface area contributed by atoms with Crippen LogP contribution < -0.4 is 5.32 Å². The Kier molecular flexibility index (Phi) is 5.22. The number of rotatable bonds is 5. The number of H-pyrrole nitrogens is 1. The molecule has 0 unspecified atom stereocenters.